The van der Waals surface area contributed by atoms with Crippen LogP contribution in [0.15, 0.2) is 0 Å². The Morgan fingerprint density at radius 3 is 2.51 bits per heavy atom. The van der Waals surface area contributed by atoms with E-state index in [1.165, 1.54) is 32.1 Å². The number of piperazine rings is 1. The van der Waals surface area contributed by atoms with Crippen LogP contribution in [-0.4, -0.2) is 128 Å². The Labute approximate surface area is 292 Å². The summed E-state index contributed by atoms with van der Waals surface area (Å²) >= 11 is 0. The van der Waals surface area contributed by atoms with E-state index in [0.717, 1.165) is 84.1 Å². The Balaban J connectivity index is 0.805. The number of fused-ring (bicyclic) bond motifs is 1. The molecule has 0 aromatic rings. The van der Waals surface area contributed by atoms with Crippen molar-refractivity contribution < 1.29 is 24.2 Å². The standard InChI is InChI=1S/C37H63N7O5/c1-23-32(49-22-40-23)21-48-29-6-5-25-14-30(38-19-27(25)13-29)31(45)20-39-35(46)26-15-33(41-28-17-37(18-28)7-2-8-37)42-34(16-26)43-9-11-44(12-10-43)36(47)24-3-4-24/h23-34,38,40-42,45H,2-22H2,1H3,(H,39,46)/t23?,25?,26?,27?,29?,30-,31+,32?,33?,34?/m0/s1. The van der Waals surface area contributed by atoms with Crippen LogP contribution < -0.4 is 26.6 Å². The minimum absolute atomic E-state index is 0.0000978. The van der Waals surface area contributed by atoms with E-state index in [-0.39, 0.29) is 54.9 Å². The number of carbonyl (C=O) groups excluding carboxylic acids is 2. The number of ether oxygens (including phenoxy) is 2. The van der Waals surface area contributed by atoms with Gasteiger partial charge in [-0.3, -0.25) is 30.4 Å². The number of nitrogens with zero attached hydrogens (tertiary/aromatic N) is 2. The van der Waals surface area contributed by atoms with E-state index in [9.17, 15) is 14.7 Å². The normalized spacial score (nSPS) is 40.3. The average molecular weight is 686 g/mol. The third kappa shape index (κ3) is 8.01. The number of carbonyl (C=O) groups is 2. The largest absolute Gasteiger partial charge is 0.390 e. The van der Waals surface area contributed by atoms with Crippen LogP contribution in [0.4, 0.5) is 0 Å². The lowest BCUT2D eigenvalue weighted by atomic mass is 9.54. The quantitative estimate of drug-likeness (QED) is 0.188. The van der Waals surface area contributed by atoms with Crippen molar-refractivity contribution in [3.05, 3.63) is 0 Å². The summed E-state index contributed by atoms with van der Waals surface area (Å²) in [6.45, 7) is 7.82. The van der Waals surface area contributed by atoms with E-state index in [2.05, 4.69) is 43.3 Å². The summed E-state index contributed by atoms with van der Waals surface area (Å²) in [5.41, 5.74) is 0.602. The van der Waals surface area contributed by atoms with Crippen molar-refractivity contribution in [1.29, 1.82) is 0 Å². The molecule has 8 rings (SSSR count). The SMILES string of the molecule is CC1NCOC1COC1CCC2C[C@@H]([C@H](O)CNC(=O)C3CC(NC4CC5(CCC5)C4)NC(N4CCN(C(=O)C5CC5)CC4)C3)NCC2C1. The number of hydrogen-bond acceptors (Lipinski definition) is 10. The number of aliphatic hydroxyl groups excluding tert-OH is 1. The molecular formula is C37H63N7O5. The molecule has 4 saturated heterocycles. The molecule has 6 N–H and O–H groups in total. The molecule has 12 heteroatoms. The summed E-state index contributed by atoms with van der Waals surface area (Å²) in [4.78, 5) is 30.9. The van der Waals surface area contributed by atoms with Gasteiger partial charge in [0, 0.05) is 62.7 Å². The van der Waals surface area contributed by atoms with Gasteiger partial charge in [-0.1, -0.05) is 6.42 Å². The van der Waals surface area contributed by atoms with Crippen molar-refractivity contribution >= 4 is 11.8 Å². The van der Waals surface area contributed by atoms with Gasteiger partial charge in [0.05, 0.1) is 44.0 Å². The topological polar surface area (TPSA) is 139 Å². The van der Waals surface area contributed by atoms with Crippen molar-refractivity contribution in [2.45, 2.75) is 139 Å². The van der Waals surface area contributed by atoms with E-state index in [1.807, 2.05) is 0 Å². The smallest absolute Gasteiger partial charge is 0.225 e. The summed E-state index contributed by atoms with van der Waals surface area (Å²) in [5, 5.41) is 29.2. The monoisotopic (exact) mass is 685 g/mol. The molecule has 49 heavy (non-hydrogen) atoms. The first-order valence-corrected chi connectivity index (χ1v) is 20.0. The number of amides is 2. The number of aliphatic hydroxyl groups is 1. The van der Waals surface area contributed by atoms with E-state index in [0.29, 0.717) is 48.6 Å². The first kappa shape index (κ1) is 34.7. The fourth-order valence-electron chi connectivity index (χ4n) is 10.4. The maximum atomic E-state index is 13.8. The molecule has 4 heterocycles. The molecule has 4 aliphatic heterocycles. The van der Waals surface area contributed by atoms with Gasteiger partial charge in [0.2, 0.25) is 11.8 Å². The zero-order valence-electron chi connectivity index (χ0n) is 29.8. The highest BCUT2D eigenvalue weighted by Gasteiger charge is 2.49. The molecule has 0 radical (unpaired) electrons. The van der Waals surface area contributed by atoms with Crippen molar-refractivity contribution in [1.82, 2.24) is 36.4 Å². The molecule has 8 aliphatic rings. The van der Waals surface area contributed by atoms with Gasteiger partial charge in [0.15, 0.2) is 0 Å². The van der Waals surface area contributed by atoms with E-state index < -0.39 is 6.10 Å². The van der Waals surface area contributed by atoms with Crippen molar-refractivity contribution in [3.8, 4) is 0 Å². The van der Waals surface area contributed by atoms with Gasteiger partial charge in [-0.15, -0.1) is 0 Å². The van der Waals surface area contributed by atoms with Gasteiger partial charge in [-0.25, -0.2) is 0 Å². The Bertz CT molecular complexity index is 1150. The zero-order valence-corrected chi connectivity index (χ0v) is 29.8. The Hall–Kier alpha value is -1.38. The lowest BCUT2D eigenvalue weighted by molar-refractivity contribution is -0.135. The van der Waals surface area contributed by atoms with Crippen LogP contribution >= 0.6 is 0 Å². The van der Waals surface area contributed by atoms with Gasteiger partial charge in [-0.2, -0.15) is 0 Å². The van der Waals surface area contributed by atoms with Gasteiger partial charge in [0.1, 0.15) is 0 Å². The number of nitrogens with one attached hydrogen (secondary N) is 5. The van der Waals surface area contributed by atoms with Gasteiger partial charge in [0.25, 0.3) is 0 Å². The number of piperidine rings is 2. The van der Waals surface area contributed by atoms with Crippen molar-refractivity contribution in [3.63, 3.8) is 0 Å². The fourth-order valence-corrected chi connectivity index (χ4v) is 10.4. The number of rotatable bonds is 11. The van der Waals surface area contributed by atoms with Gasteiger partial charge >= 0.3 is 0 Å². The summed E-state index contributed by atoms with van der Waals surface area (Å²) < 4.78 is 12.0. The maximum Gasteiger partial charge on any atom is 0.225 e. The first-order chi connectivity index (χ1) is 23.8. The minimum atomic E-state index is -0.607. The summed E-state index contributed by atoms with van der Waals surface area (Å²) in [6.07, 6.45) is 14.5. The van der Waals surface area contributed by atoms with E-state index in [4.69, 9.17) is 9.47 Å². The Morgan fingerprint density at radius 1 is 0.980 bits per heavy atom. The van der Waals surface area contributed by atoms with Crippen LogP contribution in [0.25, 0.3) is 0 Å². The molecule has 2 amide bonds. The summed E-state index contributed by atoms with van der Waals surface area (Å²) in [7, 11) is 0. The van der Waals surface area contributed by atoms with Crippen molar-refractivity contribution in [2.24, 2.45) is 29.1 Å². The molecule has 0 aromatic carbocycles. The van der Waals surface area contributed by atoms with Crippen LogP contribution in [0.5, 0.6) is 0 Å². The van der Waals surface area contributed by atoms with Crippen LogP contribution in [0.3, 0.4) is 0 Å². The highest BCUT2D eigenvalue weighted by atomic mass is 16.5. The lowest BCUT2D eigenvalue weighted by Crippen LogP contribution is -2.66. The third-order valence-corrected chi connectivity index (χ3v) is 14.0. The van der Waals surface area contributed by atoms with Crippen LogP contribution in [0.2, 0.25) is 0 Å². The molecule has 4 aliphatic carbocycles. The second-order valence-corrected chi connectivity index (χ2v) is 17.4. The minimum Gasteiger partial charge on any atom is -0.390 e. The maximum absolute atomic E-state index is 13.8. The molecule has 0 aromatic heterocycles. The Kier molecular flexibility index (Phi) is 10.6. The molecule has 8 fully saturated rings. The summed E-state index contributed by atoms with van der Waals surface area (Å²) in [5.74, 6) is 1.70. The molecule has 8 unspecified atom stereocenters. The fraction of sp³-hybridized carbons (Fsp3) is 0.946. The van der Waals surface area contributed by atoms with Crippen molar-refractivity contribution in [2.75, 3.05) is 52.6 Å². The molecule has 0 bridgehead atoms. The zero-order chi connectivity index (χ0) is 33.5. The average Bonchev–Trinajstić information content (AvgIpc) is 3.86. The molecule has 12 nitrogen and oxygen atoms in total. The molecule has 10 atom stereocenters. The summed E-state index contributed by atoms with van der Waals surface area (Å²) in [6, 6.07) is 0.863. The molecular weight excluding hydrogens is 622 g/mol. The molecule has 276 valence electrons. The van der Waals surface area contributed by atoms with Crippen LogP contribution in [0, 0.1) is 29.1 Å². The third-order valence-electron chi connectivity index (χ3n) is 14.0. The molecule has 4 saturated carbocycles. The van der Waals surface area contributed by atoms with Crippen LogP contribution in [0.1, 0.15) is 90.4 Å². The highest BCUT2D eigenvalue weighted by molar-refractivity contribution is 5.81. The predicted molar refractivity (Wildman–Crippen MR) is 185 cm³/mol. The first-order valence-electron chi connectivity index (χ1n) is 20.0. The van der Waals surface area contributed by atoms with E-state index in [1.54, 1.807) is 0 Å². The lowest BCUT2D eigenvalue weighted by Gasteiger charge is -2.56. The van der Waals surface area contributed by atoms with Gasteiger partial charge < -0.3 is 30.1 Å². The van der Waals surface area contributed by atoms with E-state index >= 15 is 0 Å². The predicted octanol–water partition coefficient (Wildman–Crippen LogP) is 1.09. The Morgan fingerprint density at radius 2 is 1.80 bits per heavy atom. The van der Waals surface area contributed by atoms with Gasteiger partial charge in [-0.05, 0) is 108 Å². The highest BCUT2D eigenvalue weighted by Crippen LogP contribution is 2.56. The molecule has 1 spiro atoms. The number of hydrogen-bond donors (Lipinski definition) is 6. The van der Waals surface area contributed by atoms with Crippen LogP contribution in [-0.2, 0) is 19.1 Å². The second kappa shape index (κ2) is 14.9. The second-order valence-electron chi connectivity index (χ2n) is 17.4.